The van der Waals surface area contributed by atoms with Crippen LogP contribution in [0.15, 0.2) is 12.2 Å². The lowest BCUT2D eigenvalue weighted by atomic mass is 10.1. The Morgan fingerprint density at radius 1 is 1.67 bits per heavy atom. The highest BCUT2D eigenvalue weighted by molar-refractivity contribution is 7.15. The summed E-state index contributed by atoms with van der Waals surface area (Å²) in [4.78, 5) is 13.9. The lowest BCUT2D eigenvalue weighted by Gasteiger charge is -2.30. The van der Waals surface area contributed by atoms with E-state index in [9.17, 15) is 4.79 Å². The van der Waals surface area contributed by atoms with Crippen molar-refractivity contribution in [3.63, 3.8) is 0 Å². The Morgan fingerprint density at radius 3 is 3.17 bits per heavy atom. The zero-order chi connectivity index (χ0) is 13.0. The lowest BCUT2D eigenvalue weighted by molar-refractivity contribution is -0.117. The van der Waals surface area contributed by atoms with Crippen molar-refractivity contribution in [2.45, 2.75) is 19.4 Å². The third-order valence-electron chi connectivity index (χ3n) is 2.77. The second-order valence-corrected chi connectivity index (χ2v) is 5.35. The quantitative estimate of drug-likeness (QED) is 0.770. The molecule has 6 nitrogen and oxygen atoms in total. The largest absolute Gasteiger partial charge is 0.329 e. The van der Waals surface area contributed by atoms with Crippen molar-refractivity contribution < 1.29 is 4.79 Å². The molecule has 1 atom stereocenters. The van der Waals surface area contributed by atoms with Crippen LogP contribution in [-0.4, -0.2) is 46.7 Å². The fourth-order valence-electron chi connectivity index (χ4n) is 1.90. The zero-order valence-electron chi connectivity index (χ0n) is 10.3. The number of hydrogen-bond acceptors (Lipinski definition) is 6. The Hall–Kier alpha value is -1.31. The zero-order valence-corrected chi connectivity index (χ0v) is 11.1. The molecule has 0 radical (unpaired) electrons. The summed E-state index contributed by atoms with van der Waals surface area (Å²) in [6.07, 6.45) is 5.13. The van der Waals surface area contributed by atoms with E-state index < -0.39 is 0 Å². The van der Waals surface area contributed by atoms with E-state index in [2.05, 4.69) is 32.6 Å². The number of carbonyl (C=O) groups excluding carboxylic acids is 1. The molecule has 1 aromatic rings. The first-order valence-electron chi connectivity index (χ1n) is 5.90. The molecule has 18 heavy (non-hydrogen) atoms. The maximum Gasteiger partial charge on any atom is 0.240 e. The molecule has 0 aliphatic carbocycles. The molecule has 0 saturated heterocycles. The van der Waals surface area contributed by atoms with E-state index in [-0.39, 0.29) is 11.9 Å². The van der Waals surface area contributed by atoms with Crippen LogP contribution in [0.2, 0.25) is 0 Å². The smallest absolute Gasteiger partial charge is 0.240 e. The van der Waals surface area contributed by atoms with Crippen molar-refractivity contribution >= 4 is 22.4 Å². The number of nitrogens with zero attached hydrogens (tertiary/aromatic N) is 3. The van der Waals surface area contributed by atoms with Gasteiger partial charge in [-0.05, 0) is 13.3 Å². The van der Waals surface area contributed by atoms with Crippen LogP contribution in [0, 0.1) is 6.92 Å². The molecule has 2 rings (SSSR count). The SMILES string of the molecule is Cc1nnc(NC(=O)CN2CCC=CC2CN)s1. The highest BCUT2D eigenvalue weighted by Gasteiger charge is 2.20. The van der Waals surface area contributed by atoms with Crippen LogP contribution >= 0.6 is 11.3 Å². The van der Waals surface area contributed by atoms with Gasteiger partial charge >= 0.3 is 0 Å². The van der Waals surface area contributed by atoms with Crippen molar-refractivity contribution in [1.29, 1.82) is 0 Å². The van der Waals surface area contributed by atoms with Gasteiger partial charge in [0.1, 0.15) is 5.01 Å². The highest BCUT2D eigenvalue weighted by atomic mass is 32.1. The number of rotatable bonds is 4. The Balaban J connectivity index is 1.89. The second kappa shape index (κ2) is 6.03. The molecule has 0 spiro atoms. The Labute approximate surface area is 110 Å². The highest BCUT2D eigenvalue weighted by Crippen LogP contribution is 2.14. The summed E-state index contributed by atoms with van der Waals surface area (Å²) < 4.78 is 0. The molecule has 1 unspecified atom stereocenters. The molecule has 0 saturated carbocycles. The molecular weight excluding hydrogens is 250 g/mol. The van der Waals surface area contributed by atoms with Gasteiger partial charge in [-0.3, -0.25) is 15.0 Å². The Bertz CT molecular complexity index is 444. The van der Waals surface area contributed by atoms with Crippen LogP contribution in [0.5, 0.6) is 0 Å². The van der Waals surface area contributed by atoms with Gasteiger partial charge in [-0.15, -0.1) is 10.2 Å². The van der Waals surface area contributed by atoms with Gasteiger partial charge in [0.15, 0.2) is 0 Å². The monoisotopic (exact) mass is 267 g/mol. The van der Waals surface area contributed by atoms with Gasteiger partial charge < -0.3 is 5.73 Å². The number of aryl methyl sites for hydroxylation is 1. The molecule has 98 valence electrons. The summed E-state index contributed by atoms with van der Waals surface area (Å²) in [5.41, 5.74) is 5.68. The van der Waals surface area contributed by atoms with Crippen molar-refractivity contribution in [1.82, 2.24) is 15.1 Å². The molecule has 0 bridgehead atoms. The predicted molar refractivity (Wildman–Crippen MR) is 71.4 cm³/mol. The Morgan fingerprint density at radius 2 is 2.50 bits per heavy atom. The molecule has 7 heteroatoms. The molecule has 0 aromatic carbocycles. The molecule has 1 amide bonds. The van der Waals surface area contributed by atoms with Gasteiger partial charge in [-0.25, -0.2) is 0 Å². The number of carbonyl (C=O) groups is 1. The van der Waals surface area contributed by atoms with E-state index in [0.29, 0.717) is 18.2 Å². The standard InChI is InChI=1S/C11H17N5OS/c1-8-14-15-11(18-8)13-10(17)7-16-5-3-2-4-9(16)6-12/h2,4,9H,3,5-7,12H2,1H3,(H,13,15,17). The molecule has 3 N–H and O–H groups in total. The average Bonchev–Trinajstić information content (AvgIpc) is 2.75. The van der Waals surface area contributed by atoms with Crippen LogP contribution in [-0.2, 0) is 4.79 Å². The Kier molecular flexibility index (Phi) is 4.40. The number of anilines is 1. The maximum absolute atomic E-state index is 11.9. The molecule has 0 fully saturated rings. The van der Waals surface area contributed by atoms with Gasteiger partial charge in [0.2, 0.25) is 11.0 Å². The molecule has 1 aliphatic heterocycles. The minimum Gasteiger partial charge on any atom is -0.329 e. The van der Waals surface area contributed by atoms with Crippen molar-refractivity contribution in [2.75, 3.05) is 25.0 Å². The van der Waals surface area contributed by atoms with Crippen LogP contribution in [0.3, 0.4) is 0 Å². The fourth-order valence-corrected chi connectivity index (χ4v) is 2.50. The van der Waals surface area contributed by atoms with Crippen molar-refractivity contribution in [2.24, 2.45) is 5.73 Å². The number of hydrogen-bond donors (Lipinski definition) is 2. The molecule has 2 heterocycles. The van der Waals surface area contributed by atoms with Gasteiger partial charge in [-0.2, -0.15) is 0 Å². The first-order chi connectivity index (χ1) is 8.69. The van der Waals surface area contributed by atoms with E-state index in [4.69, 9.17) is 5.73 Å². The average molecular weight is 267 g/mol. The van der Waals surface area contributed by atoms with Gasteiger partial charge in [-0.1, -0.05) is 23.5 Å². The number of amides is 1. The summed E-state index contributed by atoms with van der Waals surface area (Å²) >= 11 is 1.37. The number of nitrogens with two attached hydrogens (primary N) is 1. The van der Waals surface area contributed by atoms with E-state index in [0.717, 1.165) is 18.0 Å². The summed E-state index contributed by atoms with van der Waals surface area (Å²) in [5, 5.41) is 11.9. The normalized spacial score (nSPS) is 20.0. The van der Waals surface area contributed by atoms with Crippen LogP contribution in [0.25, 0.3) is 0 Å². The van der Waals surface area contributed by atoms with E-state index in [1.165, 1.54) is 11.3 Å². The maximum atomic E-state index is 11.9. The topological polar surface area (TPSA) is 84.1 Å². The van der Waals surface area contributed by atoms with Crippen LogP contribution < -0.4 is 11.1 Å². The van der Waals surface area contributed by atoms with Gasteiger partial charge in [0.25, 0.3) is 0 Å². The molecular formula is C11H17N5OS. The number of aromatic nitrogens is 2. The van der Waals surface area contributed by atoms with Crippen molar-refractivity contribution in [3.05, 3.63) is 17.2 Å². The van der Waals surface area contributed by atoms with Gasteiger partial charge in [0.05, 0.1) is 6.54 Å². The minimum atomic E-state index is -0.0695. The molecule has 1 aromatic heterocycles. The van der Waals surface area contributed by atoms with Crippen LogP contribution in [0.4, 0.5) is 5.13 Å². The van der Waals surface area contributed by atoms with Gasteiger partial charge in [0, 0.05) is 19.1 Å². The summed E-state index contributed by atoms with van der Waals surface area (Å²) in [6, 6.07) is 0.153. The summed E-state index contributed by atoms with van der Waals surface area (Å²) in [7, 11) is 0. The third-order valence-corrected chi connectivity index (χ3v) is 3.52. The van der Waals surface area contributed by atoms with Crippen LogP contribution in [0.1, 0.15) is 11.4 Å². The molecule has 1 aliphatic rings. The third kappa shape index (κ3) is 3.34. The predicted octanol–water partition coefficient (Wildman–Crippen LogP) is 0.374. The van der Waals surface area contributed by atoms with E-state index >= 15 is 0 Å². The number of nitrogens with one attached hydrogen (secondary N) is 1. The second-order valence-electron chi connectivity index (χ2n) is 4.16. The first kappa shape index (κ1) is 13.1. The van der Waals surface area contributed by atoms with E-state index in [1.54, 1.807) is 0 Å². The van der Waals surface area contributed by atoms with E-state index in [1.807, 2.05) is 6.92 Å². The fraction of sp³-hybridized carbons (Fsp3) is 0.545. The first-order valence-corrected chi connectivity index (χ1v) is 6.71. The summed E-state index contributed by atoms with van der Waals surface area (Å²) in [6.45, 7) is 3.58. The van der Waals surface area contributed by atoms with Crippen molar-refractivity contribution in [3.8, 4) is 0 Å². The lowest BCUT2D eigenvalue weighted by Crippen LogP contribution is -2.45. The summed E-state index contributed by atoms with van der Waals surface area (Å²) in [5.74, 6) is -0.0695. The minimum absolute atomic E-state index is 0.0695.